The maximum atomic E-state index is 13.1. The highest BCUT2D eigenvalue weighted by Crippen LogP contribution is 2.37. The summed E-state index contributed by atoms with van der Waals surface area (Å²) in [6.45, 7) is 6.83. The topological polar surface area (TPSA) is 64.8 Å². The van der Waals surface area contributed by atoms with Crippen molar-refractivity contribution in [3.8, 4) is 0 Å². The maximum Gasteiger partial charge on any atom is 0.416 e. The van der Waals surface area contributed by atoms with E-state index in [0.29, 0.717) is 38.1 Å². The highest BCUT2D eigenvalue weighted by atomic mass is 19.4. The van der Waals surface area contributed by atoms with Crippen LogP contribution in [0, 0.1) is 0 Å². The van der Waals surface area contributed by atoms with Crippen molar-refractivity contribution in [2.75, 3.05) is 25.4 Å². The van der Waals surface area contributed by atoms with Crippen LogP contribution >= 0.6 is 0 Å². The molecule has 2 N–H and O–H groups in total. The number of hydrogen-bond donors (Lipinski definition) is 1. The Labute approximate surface area is 192 Å². The molecule has 0 bridgehead atoms. The fourth-order valence-corrected chi connectivity index (χ4v) is 4.08. The van der Waals surface area contributed by atoms with Crippen molar-refractivity contribution in [1.29, 1.82) is 0 Å². The number of likely N-dealkylation sites (tertiary alicyclic amines) is 1. The van der Waals surface area contributed by atoms with Crippen molar-refractivity contribution in [2.24, 2.45) is 0 Å². The number of nitrogens with zero attached hydrogens (tertiary/aromatic N) is 1. The lowest BCUT2D eigenvalue weighted by Crippen LogP contribution is -2.48. The van der Waals surface area contributed by atoms with Gasteiger partial charge in [-0.1, -0.05) is 30.3 Å². The smallest absolute Gasteiger partial charge is 0.416 e. The molecule has 1 saturated heterocycles. The number of carbonyl (C=O) groups excluding carboxylic acids is 1. The van der Waals surface area contributed by atoms with Gasteiger partial charge in [-0.3, -0.25) is 0 Å². The molecule has 2 aromatic carbocycles. The number of alkyl halides is 3. The van der Waals surface area contributed by atoms with Crippen molar-refractivity contribution in [2.45, 2.75) is 57.4 Å². The van der Waals surface area contributed by atoms with Crippen LogP contribution in [0.25, 0.3) is 0 Å². The number of hydrogen-bond acceptors (Lipinski definition) is 4. The molecule has 0 unspecified atom stereocenters. The summed E-state index contributed by atoms with van der Waals surface area (Å²) in [4.78, 5) is 14.2. The van der Waals surface area contributed by atoms with Gasteiger partial charge in [0.25, 0.3) is 0 Å². The average Bonchev–Trinajstić information content (AvgIpc) is 2.72. The number of piperidine rings is 1. The molecule has 3 rings (SSSR count). The molecule has 1 amide bonds. The van der Waals surface area contributed by atoms with Gasteiger partial charge in [0, 0.05) is 24.2 Å². The second-order valence-electron chi connectivity index (χ2n) is 9.57. The van der Waals surface area contributed by atoms with Crippen LogP contribution in [-0.2, 0) is 27.7 Å². The summed E-state index contributed by atoms with van der Waals surface area (Å²) >= 11 is 0. The van der Waals surface area contributed by atoms with E-state index in [1.54, 1.807) is 4.90 Å². The Bertz CT molecular complexity index is 948. The number of nitrogens with two attached hydrogens (primary N) is 1. The van der Waals surface area contributed by atoms with Crippen molar-refractivity contribution in [1.82, 2.24) is 4.90 Å². The summed E-state index contributed by atoms with van der Waals surface area (Å²) in [6, 6.07) is 13.4. The van der Waals surface area contributed by atoms with Gasteiger partial charge in [0.2, 0.25) is 0 Å². The van der Waals surface area contributed by atoms with E-state index in [4.69, 9.17) is 15.2 Å². The van der Waals surface area contributed by atoms with Crippen LogP contribution in [0.2, 0.25) is 0 Å². The van der Waals surface area contributed by atoms with Crippen molar-refractivity contribution >= 4 is 11.8 Å². The SMILES string of the molecule is CC(C)(C)OC(=O)N1CCC(COCc2cc(N)cc(C(F)(F)F)c2)(c2ccccc2)CC1. The van der Waals surface area contributed by atoms with E-state index in [-0.39, 0.29) is 23.8 Å². The van der Waals surface area contributed by atoms with Crippen LogP contribution < -0.4 is 5.73 Å². The van der Waals surface area contributed by atoms with Crippen LogP contribution in [0.3, 0.4) is 0 Å². The normalized spacial score (nSPS) is 16.5. The highest BCUT2D eigenvalue weighted by Gasteiger charge is 2.39. The minimum atomic E-state index is -4.47. The summed E-state index contributed by atoms with van der Waals surface area (Å²) in [6.07, 6.45) is -3.50. The Morgan fingerprint density at radius 1 is 1.06 bits per heavy atom. The zero-order valence-electron chi connectivity index (χ0n) is 19.2. The Morgan fingerprint density at radius 3 is 2.27 bits per heavy atom. The Balaban J connectivity index is 1.71. The molecule has 2 aromatic rings. The van der Waals surface area contributed by atoms with Gasteiger partial charge in [0.15, 0.2) is 0 Å². The van der Waals surface area contributed by atoms with Crippen LogP contribution in [0.15, 0.2) is 48.5 Å². The first-order chi connectivity index (χ1) is 15.4. The third kappa shape index (κ3) is 6.63. The predicted molar refractivity (Wildman–Crippen MR) is 121 cm³/mol. The lowest BCUT2D eigenvalue weighted by Gasteiger charge is -2.42. The molecule has 1 aliphatic rings. The maximum absolute atomic E-state index is 13.1. The second kappa shape index (κ2) is 9.63. The van der Waals surface area contributed by atoms with Crippen molar-refractivity contribution < 1.29 is 27.4 Å². The van der Waals surface area contributed by atoms with Crippen molar-refractivity contribution in [3.63, 3.8) is 0 Å². The lowest BCUT2D eigenvalue weighted by atomic mass is 9.73. The van der Waals surface area contributed by atoms with Crippen LogP contribution in [-0.4, -0.2) is 36.3 Å². The third-order valence-electron chi connectivity index (χ3n) is 5.75. The minimum Gasteiger partial charge on any atom is -0.444 e. The van der Waals surface area contributed by atoms with Gasteiger partial charge in [-0.25, -0.2) is 4.79 Å². The van der Waals surface area contributed by atoms with E-state index in [0.717, 1.165) is 17.7 Å². The van der Waals surface area contributed by atoms with Crippen molar-refractivity contribution in [3.05, 3.63) is 65.2 Å². The van der Waals surface area contributed by atoms with Gasteiger partial charge >= 0.3 is 12.3 Å². The quantitative estimate of drug-likeness (QED) is 0.571. The van der Waals surface area contributed by atoms with Gasteiger partial charge in [-0.15, -0.1) is 0 Å². The molecule has 5 nitrogen and oxygen atoms in total. The number of halogens is 3. The van der Waals surface area contributed by atoms with E-state index in [1.807, 2.05) is 51.1 Å². The molecule has 1 heterocycles. The fraction of sp³-hybridized carbons (Fsp3) is 0.480. The van der Waals surface area contributed by atoms with Gasteiger partial charge < -0.3 is 20.1 Å². The van der Waals surface area contributed by atoms with E-state index >= 15 is 0 Å². The molecule has 0 aromatic heterocycles. The third-order valence-corrected chi connectivity index (χ3v) is 5.75. The predicted octanol–water partition coefficient (Wildman–Crippen LogP) is 5.77. The number of rotatable bonds is 5. The van der Waals surface area contributed by atoms with E-state index in [1.165, 1.54) is 6.07 Å². The van der Waals surface area contributed by atoms with E-state index < -0.39 is 17.3 Å². The van der Waals surface area contributed by atoms with Crippen LogP contribution in [0.1, 0.15) is 50.3 Å². The molecule has 0 saturated carbocycles. The molecule has 0 atom stereocenters. The number of nitrogen functional groups attached to an aromatic ring is 1. The summed E-state index contributed by atoms with van der Waals surface area (Å²) < 4.78 is 50.8. The lowest BCUT2D eigenvalue weighted by molar-refractivity contribution is -0.137. The summed E-state index contributed by atoms with van der Waals surface area (Å²) in [5.41, 5.74) is 5.46. The van der Waals surface area contributed by atoms with Crippen LogP contribution in [0.5, 0.6) is 0 Å². The number of benzene rings is 2. The fourth-order valence-electron chi connectivity index (χ4n) is 4.08. The standard InChI is InChI=1S/C25H31F3N2O3/c1-23(2,3)33-22(31)30-11-9-24(10-12-30,19-7-5-4-6-8-19)17-32-16-18-13-20(25(26,27)28)15-21(29)14-18/h4-8,13-15H,9-12,16-17,29H2,1-3H3. The number of carbonyl (C=O) groups is 1. The van der Waals surface area contributed by atoms with Crippen LogP contribution in [0.4, 0.5) is 23.7 Å². The first kappa shape index (κ1) is 24.9. The molecule has 0 spiro atoms. The second-order valence-corrected chi connectivity index (χ2v) is 9.57. The minimum absolute atomic E-state index is 0.0124. The van der Waals surface area contributed by atoms with Gasteiger partial charge in [0.05, 0.1) is 18.8 Å². The molecule has 180 valence electrons. The molecule has 8 heteroatoms. The monoisotopic (exact) mass is 464 g/mol. The summed E-state index contributed by atoms with van der Waals surface area (Å²) in [7, 11) is 0. The van der Waals surface area contributed by atoms with E-state index in [2.05, 4.69) is 0 Å². The number of amides is 1. The molecule has 1 fully saturated rings. The molecular formula is C25H31F3N2O3. The first-order valence-corrected chi connectivity index (χ1v) is 11.0. The van der Waals surface area contributed by atoms with E-state index in [9.17, 15) is 18.0 Å². The van der Waals surface area contributed by atoms with Gasteiger partial charge in [0.1, 0.15) is 5.60 Å². The zero-order chi connectivity index (χ0) is 24.3. The molecule has 33 heavy (non-hydrogen) atoms. The Morgan fingerprint density at radius 2 is 1.70 bits per heavy atom. The summed E-state index contributed by atoms with van der Waals surface area (Å²) in [5, 5.41) is 0. The Kier molecular flexibility index (Phi) is 7.26. The first-order valence-electron chi connectivity index (χ1n) is 11.0. The summed E-state index contributed by atoms with van der Waals surface area (Å²) in [5.74, 6) is 0. The molecule has 1 aliphatic heterocycles. The number of ether oxygens (including phenoxy) is 2. The zero-order valence-corrected chi connectivity index (χ0v) is 19.2. The largest absolute Gasteiger partial charge is 0.444 e. The molecule has 0 aliphatic carbocycles. The van der Waals surface area contributed by atoms with Gasteiger partial charge in [-0.05, 0) is 62.9 Å². The highest BCUT2D eigenvalue weighted by molar-refractivity contribution is 5.68. The average molecular weight is 465 g/mol. The number of anilines is 1. The Hall–Kier alpha value is -2.74. The molecular weight excluding hydrogens is 433 g/mol. The molecule has 0 radical (unpaired) electrons. The van der Waals surface area contributed by atoms with Gasteiger partial charge in [-0.2, -0.15) is 13.2 Å².